The number of phenolic OH excluding ortho intramolecular Hbond substituents is 2. The van der Waals surface area contributed by atoms with Crippen LogP contribution in [0.1, 0.15) is 11.1 Å². The number of aromatic hydroxyl groups is 2. The summed E-state index contributed by atoms with van der Waals surface area (Å²) in [4.78, 5) is 12.5. The maximum atomic E-state index is 13.0. The molecule has 0 saturated carbocycles. The quantitative estimate of drug-likeness (QED) is 0.747. The normalized spacial score (nSPS) is 11.2. The fraction of sp³-hybridized carbons (Fsp3) is 0.316. The zero-order valence-corrected chi connectivity index (χ0v) is 15.3. The van der Waals surface area contributed by atoms with E-state index in [1.54, 1.807) is 0 Å². The van der Waals surface area contributed by atoms with Gasteiger partial charge in [-0.25, -0.2) is 0 Å². The Kier molecular flexibility index (Phi) is 6.61. The standard InChI is InChI=1S/C19H20F3NO5/c1-27-16-6-4-13(9-15(16)25)11-23(18(26)19(20,21)22)8-7-12-3-5-14(24)17(10-12)28-2/h3-6,9-10,24-25H,7-8,11H2,1-2H3. The van der Waals surface area contributed by atoms with Gasteiger partial charge >= 0.3 is 12.1 Å². The third-order valence-electron chi connectivity index (χ3n) is 4.06. The van der Waals surface area contributed by atoms with Crippen LogP contribution in [0, 0.1) is 0 Å². The number of amides is 1. The number of halogens is 3. The minimum absolute atomic E-state index is 0.0943. The minimum Gasteiger partial charge on any atom is -0.504 e. The highest BCUT2D eigenvalue weighted by atomic mass is 19.4. The van der Waals surface area contributed by atoms with Crippen molar-refractivity contribution in [2.75, 3.05) is 20.8 Å². The molecule has 0 aromatic heterocycles. The lowest BCUT2D eigenvalue weighted by molar-refractivity contribution is -0.186. The van der Waals surface area contributed by atoms with Gasteiger partial charge in [-0.2, -0.15) is 13.2 Å². The Morgan fingerprint density at radius 2 is 1.61 bits per heavy atom. The van der Waals surface area contributed by atoms with Crippen LogP contribution >= 0.6 is 0 Å². The number of carbonyl (C=O) groups is 1. The molecule has 0 aliphatic carbocycles. The molecule has 9 heteroatoms. The number of phenols is 2. The molecule has 0 saturated heterocycles. The van der Waals surface area contributed by atoms with Crippen molar-refractivity contribution in [1.29, 1.82) is 0 Å². The van der Waals surface area contributed by atoms with Crippen LogP contribution in [-0.2, 0) is 17.8 Å². The number of nitrogens with zero attached hydrogens (tertiary/aromatic N) is 1. The highest BCUT2D eigenvalue weighted by Gasteiger charge is 2.42. The fourth-order valence-corrected chi connectivity index (χ4v) is 2.63. The zero-order valence-electron chi connectivity index (χ0n) is 15.3. The lowest BCUT2D eigenvalue weighted by Gasteiger charge is -2.24. The number of hydrogen-bond acceptors (Lipinski definition) is 5. The number of methoxy groups -OCH3 is 2. The van der Waals surface area contributed by atoms with E-state index in [0.29, 0.717) is 16.0 Å². The van der Waals surface area contributed by atoms with Crippen molar-refractivity contribution in [2.45, 2.75) is 19.1 Å². The SMILES string of the molecule is COc1ccc(CN(CCc2ccc(O)c(OC)c2)C(=O)C(F)(F)F)cc1O. The van der Waals surface area contributed by atoms with E-state index in [4.69, 9.17) is 9.47 Å². The molecule has 0 aliphatic rings. The first-order valence-electron chi connectivity index (χ1n) is 8.23. The molecule has 0 fully saturated rings. The van der Waals surface area contributed by atoms with Gasteiger partial charge < -0.3 is 24.6 Å². The van der Waals surface area contributed by atoms with Crippen molar-refractivity contribution >= 4 is 5.91 Å². The van der Waals surface area contributed by atoms with E-state index in [-0.39, 0.29) is 42.5 Å². The van der Waals surface area contributed by atoms with E-state index in [0.717, 1.165) is 0 Å². The summed E-state index contributed by atoms with van der Waals surface area (Å²) >= 11 is 0. The molecule has 1 amide bonds. The number of alkyl halides is 3. The first-order chi connectivity index (χ1) is 13.2. The summed E-state index contributed by atoms with van der Waals surface area (Å²) in [5.74, 6) is -1.95. The Morgan fingerprint density at radius 3 is 2.18 bits per heavy atom. The minimum atomic E-state index is -5.03. The van der Waals surface area contributed by atoms with Gasteiger partial charge in [0.1, 0.15) is 0 Å². The largest absolute Gasteiger partial charge is 0.504 e. The fourth-order valence-electron chi connectivity index (χ4n) is 2.63. The summed E-state index contributed by atoms with van der Waals surface area (Å²) in [5.41, 5.74) is 0.909. The molecule has 0 spiro atoms. The first-order valence-corrected chi connectivity index (χ1v) is 8.23. The predicted octanol–water partition coefficient (Wildman–Crippen LogP) is 3.25. The molecular formula is C19H20F3NO5. The van der Waals surface area contributed by atoms with E-state index in [1.165, 1.54) is 50.6 Å². The summed E-state index contributed by atoms with van der Waals surface area (Å²) in [6.45, 7) is -0.565. The smallest absolute Gasteiger partial charge is 0.471 e. The Balaban J connectivity index is 2.20. The Labute approximate surface area is 159 Å². The van der Waals surface area contributed by atoms with Crippen LogP contribution in [0.4, 0.5) is 13.2 Å². The van der Waals surface area contributed by atoms with Crippen molar-refractivity contribution in [3.8, 4) is 23.0 Å². The second kappa shape index (κ2) is 8.73. The predicted molar refractivity (Wildman–Crippen MR) is 94.5 cm³/mol. The molecule has 0 heterocycles. The second-order valence-electron chi connectivity index (χ2n) is 5.99. The molecule has 0 unspecified atom stereocenters. The number of rotatable bonds is 7. The van der Waals surface area contributed by atoms with Crippen molar-refractivity contribution in [2.24, 2.45) is 0 Å². The third kappa shape index (κ3) is 5.21. The average Bonchev–Trinajstić information content (AvgIpc) is 2.65. The maximum absolute atomic E-state index is 13.0. The van der Waals surface area contributed by atoms with Gasteiger partial charge in [0.25, 0.3) is 0 Å². The first kappa shape index (κ1) is 21.2. The summed E-state index contributed by atoms with van der Waals surface area (Å²) in [6, 6.07) is 8.52. The van der Waals surface area contributed by atoms with E-state index >= 15 is 0 Å². The summed E-state index contributed by atoms with van der Waals surface area (Å²) in [6.07, 6.45) is -4.91. The molecule has 2 aromatic carbocycles. The van der Waals surface area contributed by atoms with Gasteiger partial charge in [-0.1, -0.05) is 12.1 Å². The van der Waals surface area contributed by atoms with E-state index < -0.39 is 12.1 Å². The molecule has 2 N–H and O–H groups in total. The molecule has 2 aromatic rings. The third-order valence-corrected chi connectivity index (χ3v) is 4.06. The topological polar surface area (TPSA) is 79.2 Å². The van der Waals surface area contributed by atoms with Crippen LogP contribution in [0.3, 0.4) is 0 Å². The van der Waals surface area contributed by atoms with Gasteiger partial charge in [0.05, 0.1) is 14.2 Å². The van der Waals surface area contributed by atoms with Gasteiger partial charge in [-0.05, 0) is 41.8 Å². The van der Waals surface area contributed by atoms with Crippen LogP contribution in [0.5, 0.6) is 23.0 Å². The number of carbonyl (C=O) groups excluding carboxylic acids is 1. The molecule has 0 aliphatic heterocycles. The highest BCUT2D eigenvalue weighted by Crippen LogP contribution is 2.29. The summed E-state index contributed by atoms with van der Waals surface area (Å²) in [7, 11) is 2.70. The van der Waals surface area contributed by atoms with Crippen molar-refractivity contribution < 1.29 is 37.7 Å². The zero-order chi connectivity index (χ0) is 20.9. The van der Waals surface area contributed by atoms with Crippen LogP contribution in [0.15, 0.2) is 36.4 Å². The molecule has 152 valence electrons. The highest BCUT2D eigenvalue weighted by molar-refractivity contribution is 5.81. The lowest BCUT2D eigenvalue weighted by Crippen LogP contribution is -2.41. The summed E-state index contributed by atoms with van der Waals surface area (Å²) in [5, 5.41) is 19.4. The Bertz CT molecular complexity index is 839. The molecule has 0 bridgehead atoms. The molecule has 6 nitrogen and oxygen atoms in total. The second-order valence-corrected chi connectivity index (χ2v) is 5.99. The molecule has 0 atom stereocenters. The summed E-state index contributed by atoms with van der Waals surface area (Å²) < 4.78 is 48.8. The van der Waals surface area contributed by atoms with Crippen molar-refractivity contribution in [1.82, 2.24) is 4.90 Å². The monoisotopic (exact) mass is 399 g/mol. The van der Waals surface area contributed by atoms with Gasteiger partial charge in [0, 0.05) is 13.1 Å². The van der Waals surface area contributed by atoms with Crippen LogP contribution < -0.4 is 9.47 Å². The van der Waals surface area contributed by atoms with E-state index in [1.807, 2.05) is 0 Å². The van der Waals surface area contributed by atoms with Crippen molar-refractivity contribution in [3.05, 3.63) is 47.5 Å². The molecular weight excluding hydrogens is 379 g/mol. The number of ether oxygens (including phenoxy) is 2. The molecule has 0 radical (unpaired) electrons. The lowest BCUT2D eigenvalue weighted by atomic mass is 10.1. The molecule has 2 rings (SSSR count). The van der Waals surface area contributed by atoms with Gasteiger partial charge in [0.2, 0.25) is 0 Å². The van der Waals surface area contributed by atoms with Crippen LogP contribution in [0.25, 0.3) is 0 Å². The maximum Gasteiger partial charge on any atom is 0.471 e. The molecule has 28 heavy (non-hydrogen) atoms. The Morgan fingerprint density at radius 1 is 0.964 bits per heavy atom. The van der Waals surface area contributed by atoms with Gasteiger partial charge in [-0.3, -0.25) is 4.79 Å². The van der Waals surface area contributed by atoms with Gasteiger partial charge in [0.15, 0.2) is 23.0 Å². The van der Waals surface area contributed by atoms with Crippen molar-refractivity contribution in [3.63, 3.8) is 0 Å². The Hall–Kier alpha value is -3.10. The number of benzene rings is 2. The number of hydrogen-bond donors (Lipinski definition) is 2. The van der Waals surface area contributed by atoms with Gasteiger partial charge in [-0.15, -0.1) is 0 Å². The van der Waals surface area contributed by atoms with Crippen LogP contribution in [0.2, 0.25) is 0 Å². The van der Waals surface area contributed by atoms with E-state index in [2.05, 4.69) is 0 Å². The van der Waals surface area contributed by atoms with Crippen LogP contribution in [-0.4, -0.2) is 48.0 Å². The average molecular weight is 399 g/mol. The van der Waals surface area contributed by atoms with E-state index in [9.17, 15) is 28.2 Å².